The summed E-state index contributed by atoms with van der Waals surface area (Å²) < 4.78 is 5.20. The molecule has 0 aromatic heterocycles. The summed E-state index contributed by atoms with van der Waals surface area (Å²) in [7, 11) is 3.69. The van der Waals surface area contributed by atoms with Crippen molar-refractivity contribution in [3.63, 3.8) is 0 Å². The molecule has 0 saturated carbocycles. The highest BCUT2D eigenvalue weighted by atomic mass is 16.5. The van der Waals surface area contributed by atoms with E-state index >= 15 is 0 Å². The number of piperazine rings is 1. The molecule has 0 aliphatic carbocycles. The average molecular weight is 414 g/mol. The fraction of sp³-hybridized carbons (Fsp3) is 0.625. The van der Waals surface area contributed by atoms with Crippen LogP contribution in [-0.2, 0) is 4.74 Å². The topological polar surface area (TPSA) is 43.3 Å². The van der Waals surface area contributed by atoms with Gasteiger partial charge in [0, 0.05) is 60.0 Å². The molecule has 2 fully saturated rings. The van der Waals surface area contributed by atoms with E-state index in [4.69, 9.17) is 4.74 Å². The molecule has 3 rings (SSSR count). The molecular formula is C24H39N5O. The minimum absolute atomic E-state index is 0.741. The van der Waals surface area contributed by atoms with Gasteiger partial charge in [-0.05, 0) is 37.4 Å². The number of ether oxygens (including phenoxy) is 1. The van der Waals surface area contributed by atoms with Crippen LogP contribution >= 0.6 is 0 Å². The number of nitrogens with zero attached hydrogens (tertiary/aromatic N) is 4. The standard InChI is InChI=1S/C24H39N5O/c1-25-24(26-21-23-10-13-28(14-11-23)19-20-30-2)29-17-15-27(16-18-29)12-6-9-22-7-4-3-5-8-22/h3-9,23H,10-21H2,1-2H3,(H,25,26)/b9-6+. The number of rotatable bonds is 8. The van der Waals surface area contributed by atoms with E-state index < -0.39 is 0 Å². The van der Waals surface area contributed by atoms with Gasteiger partial charge in [-0.3, -0.25) is 9.89 Å². The summed E-state index contributed by atoms with van der Waals surface area (Å²) in [6, 6.07) is 10.5. The van der Waals surface area contributed by atoms with Crippen molar-refractivity contribution in [2.24, 2.45) is 10.9 Å². The first kappa shape index (κ1) is 22.8. The van der Waals surface area contributed by atoms with Gasteiger partial charge in [-0.25, -0.2) is 0 Å². The Morgan fingerprint density at radius 2 is 1.80 bits per heavy atom. The largest absolute Gasteiger partial charge is 0.383 e. The van der Waals surface area contributed by atoms with Crippen LogP contribution in [0.3, 0.4) is 0 Å². The summed E-state index contributed by atoms with van der Waals surface area (Å²) in [5.41, 5.74) is 1.27. The third-order valence-corrected chi connectivity index (χ3v) is 6.22. The third-order valence-electron chi connectivity index (χ3n) is 6.22. The van der Waals surface area contributed by atoms with Gasteiger partial charge in [0.15, 0.2) is 5.96 Å². The lowest BCUT2D eigenvalue weighted by Crippen LogP contribution is -2.53. The van der Waals surface area contributed by atoms with Crippen molar-refractivity contribution < 1.29 is 4.74 Å². The zero-order chi connectivity index (χ0) is 21.0. The molecule has 1 aromatic rings. The van der Waals surface area contributed by atoms with Crippen LogP contribution in [0.4, 0.5) is 0 Å². The zero-order valence-electron chi connectivity index (χ0n) is 18.8. The van der Waals surface area contributed by atoms with Gasteiger partial charge in [-0.15, -0.1) is 0 Å². The van der Waals surface area contributed by atoms with Crippen LogP contribution in [-0.4, -0.2) is 100 Å². The SMILES string of the molecule is CN=C(NCC1CCN(CCOC)CC1)N1CCN(C/C=C/c2ccccc2)CC1. The van der Waals surface area contributed by atoms with Crippen LogP contribution in [0.5, 0.6) is 0 Å². The van der Waals surface area contributed by atoms with Crippen molar-refractivity contribution in [3.8, 4) is 0 Å². The number of hydrogen-bond donors (Lipinski definition) is 1. The quantitative estimate of drug-likeness (QED) is 0.523. The van der Waals surface area contributed by atoms with E-state index in [9.17, 15) is 0 Å². The average Bonchev–Trinajstić information content (AvgIpc) is 2.80. The maximum absolute atomic E-state index is 5.20. The van der Waals surface area contributed by atoms with Gasteiger partial charge in [0.25, 0.3) is 0 Å². The molecule has 0 spiro atoms. The van der Waals surface area contributed by atoms with E-state index in [1.54, 1.807) is 7.11 Å². The Morgan fingerprint density at radius 3 is 2.47 bits per heavy atom. The lowest BCUT2D eigenvalue weighted by atomic mass is 9.97. The lowest BCUT2D eigenvalue weighted by molar-refractivity contribution is 0.120. The number of likely N-dealkylation sites (tertiary alicyclic amines) is 1. The number of methoxy groups -OCH3 is 1. The summed E-state index contributed by atoms with van der Waals surface area (Å²) in [6.45, 7) is 10.5. The number of benzene rings is 1. The Balaban J connectivity index is 1.33. The van der Waals surface area contributed by atoms with Crippen molar-refractivity contribution in [2.45, 2.75) is 12.8 Å². The van der Waals surface area contributed by atoms with Crippen molar-refractivity contribution >= 4 is 12.0 Å². The van der Waals surface area contributed by atoms with Crippen molar-refractivity contribution in [1.29, 1.82) is 0 Å². The van der Waals surface area contributed by atoms with Gasteiger partial charge < -0.3 is 19.9 Å². The molecule has 2 heterocycles. The third kappa shape index (κ3) is 7.42. The Bertz CT molecular complexity index is 647. The summed E-state index contributed by atoms with van der Waals surface area (Å²) in [5, 5.41) is 3.65. The number of piperidine rings is 1. The molecule has 0 atom stereocenters. The first-order valence-electron chi connectivity index (χ1n) is 11.4. The number of hydrogen-bond acceptors (Lipinski definition) is 4. The molecule has 166 valence electrons. The Kier molecular flexibility index (Phi) is 9.67. The molecule has 2 aliphatic heterocycles. The summed E-state index contributed by atoms with van der Waals surface area (Å²) in [4.78, 5) is 12.0. The molecular weight excluding hydrogens is 374 g/mol. The first-order valence-corrected chi connectivity index (χ1v) is 11.4. The molecule has 6 heteroatoms. The van der Waals surface area contributed by atoms with Crippen LogP contribution in [0.25, 0.3) is 6.08 Å². The minimum atomic E-state index is 0.741. The maximum atomic E-state index is 5.20. The summed E-state index contributed by atoms with van der Waals surface area (Å²) in [6.07, 6.45) is 7.01. The molecule has 0 unspecified atom stereocenters. The van der Waals surface area contributed by atoms with Crippen molar-refractivity contribution in [3.05, 3.63) is 42.0 Å². The van der Waals surface area contributed by atoms with Gasteiger partial charge in [0.05, 0.1) is 6.61 Å². The smallest absolute Gasteiger partial charge is 0.193 e. The van der Waals surface area contributed by atoms with E-state index in [1.165, 1.54) is 31.5 Å². The van der Waals surface area contributed by atoms with Gasteiger partial charge in [0.2, 0.25) is 0 Å². The van der Waals surface area contributed by atoms with Crippen molar-refractivity contribution in [1.82, 2.24) is 20.0 Å². The highest BCUT2D eigenvalue weighted by Gasteiger charge is 2.22. The lowest BCUT2D eigenvalue weighted by Gasteiger charge is -2.37. The second-order valence-electron chi connectivity index (χ2n) is 8.31. The molecule has 0 radical (unpaired) electrons. The first-order chi connectivity index (χ1) is 14.8. The van der Waals surface area contributed by atoms with E-state index in [0.717, 1.165) is 64.3 Å². The van der Waals surface area contributed by atoms with Crippen LogP contribution < -0.4 is 5.32 Å². The fourth-order valence-corrected chi connectivity index (χ4v) is 4.25. The maximum Gasteiger partial charge on any atom is 0.193 e. The Hall–Kier alpha value is -1.89. The van der Waals surface area contributed by atoms with Crippen LogP contribution in [0.2, 0.25) is 0 Å². The normalized spacial score (nSPS) is 20.2. The molecule has 0 bridgehead atoms. The van der Waals surface area contributed by atoms with Crippen molar-refractivity contribution in [2.75, 3.05) is 79.7 Å². The van der Waals surface area contributed by atoms with Gasteiger partial charge in [0.1, 0.15) is 0 Å². The fourth-order valence-electron chi connectivity index (χ4n) is 4.25. The molecule has 1 aromatic carbocycles. The van der Waals surface area contributed by atoms with E-state index in [2.05, 4.69) is 67.5 Å². The zero-order valence-corrected chi connectivity index (χ0v) is 18.8. The van der Waals surface area contributed by atoms with Crippen LogP contribution in [0, 0.1) is 5.92 Å². The predicted molar refractivity (Wildman–Crippen MR) is 126 cm³/mol. The predicted octanol–water partition coefficient (Wildman–Crippen LogP) is 2.25. The van der Waals surface area contributed by atoms with E-state index in [0.29, 0.717) is 0 Å². The molecule has 1 N–H and O–H groups in total. The highest BCUT2D eigenvalue weighted by molar-refractivity contribution is 5.80. The minimum Gasteiger partial charge on any atom is -0.383 e. The van der Waals surface area contributed by atoms with Gasteiger partial charge >= 0.3 is 0 Å². The molecule has 2 saturated heterocycles. The van der Waals surface area contributed by atoms with E-state index in [-0.39, 0.29) is 0 Å². The molecule has 2 aliphatic rings. The van der Waals surface area contributed by atoms with E-state index in [1.807, 2.05) is 7.05 Å². The monoisotopic (exact) mass is 413 g/mol. The summed E-state index contributed by atoms with van der Waals surface area (Å²) in [5.74, 6) is 1.81. The Morgan fingerprint density at radius 1 is 1.07 bits per heavy atom. The Labute approximate surface area is 182 Å². The second-order valence-corrected chi connectivity index (χ2v) is 8.31. The molecule has 30 heavy (non-hydrogen) atoms. The highest BCUT2D eigenvalue weighted by Crippen LogP contribution is 2.16. The summed E-state index contributed by atoms with van der Waals surface area (Å²) >= 11 is 0. The number of guanidine groups is 1. The number of nitrogens with one attached hydrogen (secondary N) is 1. The molecule has 6 nitrogen and oxygen atoms in total. The number of aliphatic imine (C=N–C) groups is 1. The second kappa shape index (κ2) is 12.7. The molecule has 0 amide bonds. The van der Waals surface area contributed by atoms with Gasteiger partial charge in [-0.2, -0.15) is 0 Å². The van der Waals surface area contributed by atoms with Gasteiger partial charge in [-0.1, -0.05) is 42.5 Å². The van der Waals surface area contributed by atoms with Crippen LogP contribution in [0.1, 0.15) is 18.4 Å². The van der Waals surface area contributed by atoms with Crippen LogP contribution in [0.15, 0.2) is 41.4 Å².